The van der Waals surface area contributed by atoms with Crippen molar-refractivity contribution in [1.82, 2.24) is 5.32 Å². The highest BCUT2D eigenvalue weighted by molar-refractivity contribution is 6.33. The van der Waals surface area contributed by atoms with E-state index in [9.17, 15) is 14.0 Å². The second-order valence-electron chi connectivity index (χ2n) is 5.04. The summed E-state index contributed by atoms with van der Waals surface area (Å²) in [7, 11) is 0. The zero-order valence-electron chi connectivity index (χ0n) is 12.7. The highest BCUT2D eigenvalue weighted by atomic mass is 35.5. The summed E-state index contributed by atoms with van der Waals surface area (Å²) in [6.07, 6.45) is 0. The number of carbonyl (C=O) groups is 2. The van der Waals surface area contributed by atoms with Gasteiger partial charge in [-0.25, -0.2) is 9.18 Å². The van der Waals surface area contributed by atoms with Gasteiger partial charge in [-0.1, -0.05) is 35.3 Å². The topological polar surface area (TPSA) is 55.4 Å². The highest BCUT2D eigenvalue weighted by Gasteiger charge is 2.16. The van der Waals surface area contributed by atoms with Crippen LogP contribution in [0.25, 0.3) is 0 Å². The van der Waals surface area contributed by atoms with Gasteiger partial charge in [-0.2, -0.15) is 0 Å². The summed E-state index contributed by atoms with van der Waals surface area (Å²) in [5.41, 5.74) is 0.817. The van der Waals surface area contributed by atoms with Gasteiger partial charge < -0.3 is 10.1 Å². The quantitative estimate of drug-likeness (QED) is 0.804. The first-order chi connectivity index (χ1) is 11.4. The molecule has 0 spiro atoms. The average molecular weight is 370 g/mol. The van der Waals surface area contributed by atoms with Crippen LogP contribution in [0.2, 0.25) is 10.0 Å². The number of rotatable bonds is 5. The number of halogens is 3. The molecule has 0 fully saturated rings. The molecule has 0 unspecified atom stereocenters. The molecule has 2 aromatic rings. The van der Waals surface area contributed by atoms with Gasteiger partial charge in [0, 0.05) is 5.02 Å². The molecular formula is C17H14Cl2FNO3. The molecule has 0 bridgehead atoms. The van der Waals surface area contributed by atoms with E-state index in [0.717, 1.165) is 17.7 Å². The fourth-order valence-corrected chi connectivity index (χ4v) is 2.45. The number of nitrogens with one attached hydrogen (secondary N) is 1. The lowest BCUT2D eigenvalue weighted by Gasteiger charge is -2.14. The summed E-state index contributed by atoms with van der Waals surface area (Å²) in [4.78, 5) is 23.7. The van der Waals surface area contributed by atoms with E-state index in [2.05, 4.69) is 5.32 Å². The Morgan fingerprint density at radius 2 is 1.96 bits per heavy atom. The number of esters is 1. The molecule has 0 aliphatic heterocycles. The van der Waals surface area contributed by atoms with Crippen molar-refractivity contribution in [2.75, 3.05) is 6.61 Å². The van der Waals surface area contributed by atoms with Crippen LogP contribution >= 0.6 is 23.2 Å². The zero-order chi connectivity index (χ0) is 17.7. The molecule has 0 saturated carbocycles. The van der Waals surface area contributed by atoms with Crippen LogP contribution < -0.4 is 5.32 Å². The van der Waals surface area contributed by atoms with Gasteiger partial charge in [0.25, 0.3) is 5.91 Å². The molecule has 2 rings (SSSR count). The second kappa shape index (κ2) is 8.13. The van der Waals surface area contributed by atoms with Crippen LogP contribution in [0.1, 0.15) is 28.9 Å². The van der Waals surface area contributed by atoms with E-state index in [1.165, 1.54) is 6.07 Å². The summed E-state index contributed by atoms with van der Waals surface area (Å²) < 4.78 is 17.8. The zero-order valence-corrected chi connectivity index (χ0v) is 14.2. The van der Waals surface area contributed by atoms with E-state index in [0.29, 0.717) is 5.02 Å². The molecule has 0 aromatic heterocycles. The molecule has 1 atom stereocenters. The number of ether oxygens (including phenoxy) is 1. The Balaban J connectivity index is 1.89. The largest absolute Gasteiger partial charge is 0.452 e. The smallest absolute Gasteiger partial charge is 0.340 e. The Bertz CT molecular complexity index is 767. The molecule has 0 aliphatic rings. The number of benzene rings is 2. The van der Waals surface area contributed by atoms with Gasteiger partial charge in [0.2, 0.25) is 0 Å². The molecule has 7 heteroatoms. The standard InChI is InChI=1S/C17H14Cl2FNO3/c1-10(11-3-2-4-12(18)7-11)21-16(22)9-24-17(23)14-6-5-13(20)8-15(14)19/h2-8,10H,9H2,1H3,(H,21,22)/t10-/m0/s1. The van der Waals surface area contributed by atoms with E-state index in [4.69, 9.17) is 27.9 Å². The molecule has 0 heterocycles. The van der Waals surface area contributed by atoms with E-state index >= 15 is 0 Å². The number of hydrogen-bond acceptors (Lipinski definition) is 3. The van der Waals surface area contributed by atoms with Crippen LogP contribution in [-0.2, 0) is 9.53 Å². The maximum absolute atomic E-state index is 12.9. The fraction of sp³-hybridized carbons (Fsp3) is 0.176. The molecule has 0 radical (unpaired) electrons. The first-order valence-electron chi connectivity index (χ1n) is 7.04. The van der Waals surface area contributed by atoms with E-state index in [1.54, 1.807) is 25.1 Å². The van der Waals surface area contributed by atoms with Crippen molar-refractivity contribution in [3.8, 4) is 0 Å². The lowest BCUT2D eigenvalue weighted by molar-refractivity contribution is -0.124. The Morgan fingerprint density at radius 3 is 2.62 bits per heavy atom. The average Bonchev–Trinajstić information content (AvgIpc) is 2.52. The minimum atomic E-state index is -0.800. The van der Waals surface area contributed by atoms with Crippen molar-refractivity contribution in [3.63, 3.8) is 0 Å². The highest BCUT2D eigenvalue weighted by Crippen LogP contribution is 2.19. The maximum atomic E-state index is 12.9. The van der Waals surface area contributed by atoms with Crippen molar-refractivity contribution in [2.45, 2.75) is 13.0 Å². The van der Waals surface area contributed by atoms with Gasteiger partial charge in [0.15, 0.2) is 6.61 Å². The lowest BCUT2D eigenvalue weighted by atomic mass is 10.1. The number of hydrogen-bond donors (Lipinski definition) is 1. The van der Waals surface area contributed by atoms with Crippen molar-refractivity contribution in [1.29, 1.82) is 0 Å². The third kappa shape index (κ3) is 4.94. The van der Waals surface area contributed by atoms with Crippen LogP contribution in [0.5, 0.6) is 0 Å². The molecule has 4 nitrogen and oxygen atoms in total. The summed E-state index contributed by atoms with van der Waals surface area (Å²) in [6.45, 7) is 1.31. The predicted octanol–water partition coefficient (Wildman–Crippen LogP) is 4.17. The monoisotopic (exact) mass is 369 g/mol. The van der Waals surface area contributed by atoms with Crippen LogP contribution in [0.4, 0.5) is 4.39 Å². The lowest BCUT2D eigenvalue weighted by Crippen LogP contribution is -2.31. The third-order valence-corrected chi connectivity index (χ3v) is 3.76. The molecule has 1 N–H and O–H groups in total. The number of amides is 1. The van der Waals surface area contributed by atoms with Crippen molar-refractivity contribution in [3.05, 3.63) is 69.5 Å². The number of carbonyl (C=O) groups excluding carboxylic acids is 2. The van der Waals surface area contributed by atoms with Crippen LogP contribution in [0.15, 0.2) is 42.5 Å². The minimum Gasteiger partial charge on any atom is -0.452 e. The predicted molar refractivity (Wildman–Crippen MR) is 89.7 cm³/mol. The molecule has 2 aromatic carbocycles. The molecule has 24 heavy (non-hydrogen) atoms. The maximum Gasteiger partial charge on any atom is 0.340 e. The second-order valence-corrected chi connectivity index (χ2v) is 5.89. The molecular weight excluding hydrogens is 356 g/mol. The van der Waals surface area contributed by atoms with E-state index < -0.39 is 24.3 Å². The Morgan fingerprint density at radius 1 is 1.21 bits per heavy atom. The summed E-state index contributed by atoms with van der Waals surface area (Å²) >= 11 is 11.7. The Kier molecular flexibility index (Phi) is 6.17. The Labute approximate surface area is 148 Å². The minimum absolute atomic E-state index is 0.00578. The SMILES string of the molecule is C[C@H](NC(=O)COC(=O)c1ccc(F)cc1Cl)c1cccc(Cl)c1. The van der Waals surface area contributed by atoms with E-state index in [-0.39, 0.29) is 16.6 Å². The Hall–Kier alpha value is -2.11. The first-order valence-corrected chi connectivity index (χ1v) is 7.79. The van der Waals surface area contributed by atoms with Crippen molar-refractivity contribution >= 4 is 35.1 Å². The van der Waals surface area contributed by atoms with Gasteiger partial charge in [-0.05, 0) is 42.8 Å². The first kappa shape index (κ1) is 18.2. The molecule has 0 aliphatic carbocycles. The van der Waals surface area contributed by atoms with Gasteiger partial charge >= 0.3 is 5.97 Å². The van der Waals surface area contributed by atoms with Gasteiger partial charge in [0.05, 0.1) is 16.6 Å². The third-order valence-electron chi connectivity index (χ3n) is 3.21. The summed E-state index contributed by atoms with van der Waals surface area (Å²) in [6, 6.07) is 10.0. The van der Waals surface area contributed by atoms with Crippen molar-refractivity contribution < 1.29 is 18.7 Å². The van der Waals surface area contributed by atoms with Crippen LogP contribution in [-0.4, -0.2) is 18.5 Å². The molecule has 126 valence electrons. The van der Waals surface area contributed by atoms with Crippen LogP contribution in [0, 0.1) is 5.82 Å². The fourth-order valence-electron chi connectivity index (χ4n) is 2.01. The van der Waals surface area contributed by atoms with Crippen molar-refractivity contribution in [2.24, 2.45) is 0 Å². The van der Waals surface area contributed by atoms with Gasteiger partial charge in [-0.15, -0.1) is 0 Å². The summed E-state index contributed by atoms with van der Waals surface area (Å²) in [5.74, 6) is -1.84. The molecule has 0 saturated heterocycles. The van der Waals surface area contributed by atoms with Gasteiger partial charge in [0.1, 0.15) is 5.82 Å². The van der Waals surface area contributed by atoms with Crippen LogP contribution in [0.3, 0.4) is 0 Å². The molecule has 1 amide bonds. The summed E-state index contributed by atoms with van der Waals surface area (Å²) in [5, 5.41) is 3.17. The van der Waals surface area contributed by atoms with E-state index in [1.807, 2.05) is 6.07 Å². The normalized spacial score (nSPS) is 11.7. The van der Waals surface area contributed by atoms with Gasteiger partial charge in [-0.3, -0.25) is 4.79 Å².